The Morgan fingerprint density at radius 3 is 2.54 bits per heavy atom. The zero-order valence-electron chi connectivity index (χ0n) is 14.9. The fourth-order valence-corrected chi connectivity index (χ4v) is 2.63. The van der Waals surface area contributed by atoms with Crippen LogP contribution in [0.3, 0.4) is 0 Å². The van der Waals surface area contributed by atoms with Gasteiger partial charge in [-0.25, -0.2) is 0 Å². The van der Waals surface area contributed by atoms with Crippen LogP contribution in [0.1, 0.15) is 11.1 Å². The van der Waals surface area contributed by atoms with Crippen LogP contribution in [0.2, 0.25) is 0 Å². The van der Waals surface area contributed by atoms with Crippen molar-refractivity contribution in [2.24, 2.45) is 0 Å². The van der Waals surface area contributed by atoms with Crippen LogP contribution in [0.5, 0.6) is 11.5 Å². The van der Waals surface area contributed by atoms with Gasteiger partial charge in [-0.1, -0.05) is 12.1 Å². The fraction of sp³-hybridized carbons (Fsp3) is 0.278. The van der Waals surface area contributed by atoms with Crippen molar-refractivity contribution < 1.29 is 14.4 Å². The zero-order valence-corrected chi connectivity index (χ0v) is 15.7. The molecule has 0 unspecified atom stereocenters. The third-order valence-electron chi connectivity index (χ3n) is 3.75. The van der Waals surface area contributed by atoms with E-state index in [9.17, 15) is 10.1 Å². The highest BCUT2D eigenvalue weighted by Crippen LogP contribution is 2.27. The number of nitro groups is 1. The first-order valence-corrected chi connectivity index (χ1v) is 8.36. The molecule has 0 atom stereocenters. The molecule has 2 aromatic carbocycles. The van der Waals surface area contributed by atoms with Crippen LogP contribution in [-0.2, 0) is 6.42 Å². The number of anilines is 1. The maximum Gasteiger partial charge on any atom is 0.292 e. The number of nitrogens with one attached hydrogen (secondary N) is 2. The summed E-state index contributed by atoms with van der Waals surface area (Å²) in [4.78, 5) is 10.7. The zero-order chi connectivity index (χ0) is 19.1. The van der Waals surface area contributed by atoms with Crippen LogP contribution < -0.4 is 20.1 Å². The van der Waals surface area contributed by atoms with E-state index in [1.54, 1.807) is 33.3 Å². The second-order valence-corrected chi connectivity index (χ2v) is 6.01. The first kappa shape index (κ1) is 19.5. The lowest BCUT2D eigenvalue weighted by Gasteiger charge is -2.12. The Hall–Kier alpha value is -2.87. The van der Waals surface area contributed by atoms with E-state index in [1.807, 2.05) is 18.2 Å². The number of thiocarbonyl (C=S) groups is 1. The normalized spacial score (nSPS) is 10.1. The monoisotopic (exact) mass is 375 g/mol. The van der Waals surface area contributed by atoms with Crippen molar-refractivity contribution >= 4 is 28.7 Å². The van der Waals surface area contributed by atoms with Crippen LogP contribution >= 0.6 is 12.2 Å². The van der Waals surface area contributed by atoms with Gasteiger partial charge in [0.05, 0.1) is 19.1 Å². The summed E-state index contributed by atoms with van der Waals surface area (Å²) in [6.45, 7) is 2.37. The Bertz CT molecular complexity index is 811. The van der Waals surface area contributed by atoms with E-state index in [1.165, 1.54) is 6.07 Å². The van der Waals surface area contributed by atoms with Gasteiger partial charge in [-0.3, -0.25) is 10.1 Å². The van der Waals surface area contributed by atoms with Gasteiger partial charge in [0.25, 0.3) is 5.69 Å². The number of hydrogen-bond acceptors (Lipinski definition) is 5. The summed E-state index contributed by atoms with van der Waals surface area (Å²) >= 11 is 5.23. The number of hydrogen-bond donors (Lipinski definition) is 2. The molecule has 0 aromatic heterocycles. The molecule has 0 amide bonds. The third-order valence-corrected chi connectivity index (χ3v) is 3.99. The van der Waals surface area contributed by atoms with Gasteiger partial charge in [0.2, 0.25) is 0 Å². The van der Waals surface area contributed by atoms with Gasteiger partial charge < -0.3 is 20.1 Å². The van der Waals surface area contributed by atoms with E-state index in [0.29, 0.717) is 35.3 Å². The van der Waals surface area contributed by atoms with Crippen molar-refractivity contribution in [3.05, 3.63) is 57.6 Å². The van der Waals surface area contributed by atoms with Crippen molar-refractivity contribution in [2.45, 2.75) is 13.3 Å². The fourth-order valence-electron chi connectivity index (χ4n) is 2.42. The molecule has 0 radical (unpaired) electrons. The largest absolute Gasteiger partial charge is 0.493 e. The highest BCUT2D eigenvalue weighted by molar-refractivity contribution is 7.80. The lowest BCUT2D eigenvalue weighted by Crippen LogP contribution is -2.30. The van der Waals surface area contributed by atoms with Gasteiger partial charge in [0.15, 0.2) is 16.6 Å². The predicted octanol–water partition coefficient (Wildman–Crippen LogP) is 3.45. The molecule has 8 heteroatoms. The minimum Gasteiger partial charge on any atom is -0.493 e. The van der Waals surface area contributed by atoms with Crippen LogP contribution in [0.15, 0.2) is 36.4 Å². The molecule has 0 fully saturated rings. The second-order valence-electron chi connectivity index (χ2n) is 5.60. The Morgan fingerprint density at radius 2 is 1.88 bits per heavy atom. The lowest BCUT2D eigenvalue weighted by atomic mass is 10.1. The summed E-state index contributed by atoms with van der Waals surface area (Å²) in [7, 11) is 3.18. The molecule has 26 heavy (non-hydrogen) atoms. The van der Waals surface area contributed by atoms with Gasteiger partial charge >= 0.3 is 0 Å². The molecule has 2 N–H and O–H groups in total. The summed E-state index contributed by atoms with van der Waals surface area (Å²) < 4.78 is 10.5. The quantitative estimate of drug-likeness (QED) is 0.435. The molecule has 0 aliphatic carbocycles. The molecule has 2 aromatic rings. The average molecular weight is 375 g/mol. The van der Waals surface area contributed by atoms with E-state index in [0.717, 1.165) is 11.1 Å². The van der Waals surface area contributed by atoms with Gasteiger partial charge in [0, 0.05) is 12.6 Å². The lowest BCUT2D eigenvalue weighted by molar-refractivity contribution is -0.383. The molecule has 0 spiro atoms. The molecule has 138 valence electrons. The summed E-state index contributed by atoms with van der Waals surface area (Å²) in [5.41, 5.74) is 2.23. The van der Waals surface area contributed by atoms with Gasteiger partial charge in [0.1, 0.15) is 5.69 Å². The van der Waals surface area contributed by atoms with Crippen LogP contribution in [0.4, 0.5) is 11.4 Å². The van der Waals surface area contributed by atoms with Crippen molar-refractivity contribution in [3.8, 4) is 11.5 Å². The number of rotatable bonds is 7. The Kier molecular flexibility index (Phi) is 6.74. The number of nitrogens with zero attached hydrogens (tertiary/aromatic N) is 1. The van der Waals surface area contributed by atoms with Crippen LogP contribution in [0, 0.1) is 17.0 Å². The Balaban J connectivity index is 1.93. The minimum atomic E-state index is -0.429. The van der Waals surface area contributed by atoms with Crippen LogP contribution in [-0.4, -0.2) is 30.8 Å². The number of nitro benzene ring substituents is 1. The molecule has 0 aliphatic rings. The summed E-state index contributed by atoms with van der Waals surface area (Å²) in [5, 5.41) is 17.4. The number of methoxy groups -OCH3 is 2. The Morgan fingerprint density at radius 1 is 1.15 bits per heavy atom. The first-order valence-electron chi connectivity index (χ1n) is 7.95. The average Bonchev–Trinajstić information content (AvgIpc) is 2.62. The number of benzene rings is 2. The molecule has 0 saturated heterocycles. The molecule has 0 aliphatic heterocycles. The topological polar surface area (TPSA) is 85.7 Å². The van der Waals surface area contributed by atoms with Gasteiger partial charge in [-0.2, -0.15) is 0 Å². The summed E-state index contributed by atoms with van der Waals surface area (Å²) in [6.07, 6.45) is 0.707. The van der Waals surface area contributed by atoms with Gasteiger partial charge in [-0.15, -0.1) is 0 Å². The second kappa shape index (κ2) is 9.00. The smallest absolute Gasteiger partial charge is 0.292 e. The molecule has 0 heterocycles. The number of ether oxygens (including phenoxy) is 2. The maximum atomic E-state index is 11.1. The van der Waals surface area contributed by atoms with Crippen molar-refractivity contribution in [1.29, 1.82) is 0 Å². The van der Waals surface area contributed by atoms with Crippen molar-refractivity contribution in [1.82, 2.24) is 5.32 Å². The van der Waals surface area contributed by atoms with Crippen molar-refractivity contribution in [2.75, 3.05) is 26.1 Å². The summed E-state index contributed by atoms with van der Waals surface area (Å²) in [5.74, 6) is 1.34. The molecule has 2 rings (SSSR count). The highest BCUT2D eigenvalue weighted by atomic mass is 32.1. The Labute approximate surface area is 157 Å². The standard InChI is InChI=1S/C18H21N3O4S/c1-12-4-6-14(15(10-12)21(22)23)20-18(26)19-9-8-13-5-7-16(24-2)17(11-13)25-3/h4-7,10-11H,8-9H2,1-3H3,(H2,19,20,26). The highest BCUT2D eigenvalue weighted by Gasteiger charge is 2.14. The first-order chi connectivity index (χ1) is 12.4. The SMILES string of the molecule is COc1ccc(CCNC(=S)Nc2ccc(C)cc2[N+](=O)[O-])cc1OC. The van der Waals surface area contributed by atoms with E-state index in [-0.39, 0.29) is 5.69 Å². The molecular formula is C18H21N3O4S. The van der Waals surface area contributed by atoms with E-state index >= 15 is 0 Å². The van der Waals surface area contributed by atoms with E-state index in [2.05, 4.69) is 10.6 Å². The van der Waals surface area contributed by atoms with Crippen molar-refractivity contribution in [3.63, 3.8) is 0 Å². The maximum absolute atomic E-state index is 11.1. The third kappa shape index (κ3) is 5.06. The predicted molar refractivity (Wildman–Crippen MR) is 105 cm³/mol. The molecular weight excluding hydrogens is 354 g/mol. The summed E-state index contributed by atoms with van der Waals surface area (Å²) in [6, 6.07) is 10.7. The van der Waals surface area contributed by atoms with Crippen LogP contribution in [0.25, 0.3) is 0 Å². The number of aryl methyl sites for hydroxylation is 1. The minimum absolute atomic E-state index is 0.00552. The van der Waals surface area contributed by atoms with E-state index < -0.39 is 4.92 Å². The van der Waals surface area contributed by atoms with E-state index in [4.69, 9.17) is 21.7 Å². The molecule has 0 saturated carbocycles. The molecule has 0 bridgehead atoms. The molecule has 7 nitrogen and oxygen atoms in total. The van der Waals surface area contributed by atoms with Gasteiger partial charge in [-0.05, 0) is 54.9 Å².